The molecule has 3 aromatic rings. The molecule has 2 unspecified atom stereocenters. The van der Waals surface area contributed by atoms with Crippen LogP contribution in [-0.4, -0.2) is 37.6 Å². The minimum absolute atomic E-state index is 0.0725. The van der Waals surface area contributed by atoms with Crippen molar-refractivity contribution in [2.45, 2.75) is 52.2 Å². The van der Waals surface area contributed by atoms with Gasteiger partial charge in [-0.3, -0.25) is 4.79 Å². The van der Waals surface area contributed by atoms with Crippen molar-refractivity contribution in [1.29, 1.82) is 0 Å². The topological polar surface area (TPSA) is 98.5 Å². The third-order valence-electron chi connectivity index (χ3n) is 5.14. The molecule has 1 aliphatic carbocycles. The number of hydrogen-bond donors (Lipinski definition) is 1. The van der Waals surface area contributed by atoms with Gasteiger partial charge in [-0.05, 0) is 57.2 Å². The number of fused-ring (bicyclic) bond motifs is 2. The second kappa shape index (κ2) is 7.62. The maximum atomic E-state index is 12.6. The first-order valence-corrected chi connectivity index (χ1v) is 9.72. The van der Waals surface area contributed by atoms with Crippen LogP contribution < -0.4 is 5.32 Å². The number of ether oxygens (including phenoxy) is 1. The van der Waals surface area contributed by atoms with Gasteiger partial charge in [0.05, 0.1) is 6.04 Å². The third kappa shape index (κ3) is 3.83. The van der Waals surface area contributed by atoms with Gasteiger partial charge in [0.2, 0.25) is 0 Å². The number of amides is 1. The summed E-state index contributed by atoms with van der Waals surface area (Å²) in [7, 11) is 0. The molecule has 2 heterocycles. The highest BCUT2D eigenvalue weighted by Crippen LogP contribution is 2.29. The van der Waals surface area contributed by atoms with Crippen LogP contribution in [0.4, 0.5) is 0 Å². The predicted molar refractivity (Wildman–Crippen MR) is 105 cm³/mol. The Morgan fingerprint density at radius 1 is 1.24 bits per heavy atom. The van der Waals surface area contributed by atoms with Crippen LogP contribution in [0.2, 0.25) is 0 Å². The van der Waals surface area contributed by atoms with Crippen LogP contribution in [0, 0.1) is 13.8 Å². The second-order valence-corrected chi connectivity index (χ2v) is 7.39. The van der Waals surface area contributed by atoms with Crippen molar-refractivity contribution >= 4 is 17.7 Å². The predicted octanol–water partition coefficient (Wildman–Crippen LogP) is 2.48. The van der Waals surface area contributed by atoms with Crippen molar-refractivity contribution < 1.29 is 14.3 Å². The van der Waals surface area contributed by atoms with E-state index in [1.807, 2.05) is 38.1 Å². The zero-order chi connectivity index (χ0) is 20.5. The van der Waals surface area contributed by atoms with Crippen LogP contribution in [0.3, 0.4) is 0 Å². The quantitative estimate of drug-likeness (QED) is 0.684. The van der Waals surface area contributed by atoms with Gasteiger partial charge in [0.15, 0.2) is 6.10 Å². The van der Waals surface area contributed by atoms with Gasteiger partial charge in [-0.25, -0.2) is 14.3 Å². The zero-order valence-corrected chi connectivity index (χ0v) is 16.7. The molecule has 1 aliphatic rings. The molecule has 0 radical (unpaired) electrons. The number of carbonyl (C=O) groups excluding carboxylic acids is 2. The Balaban J connectivity index is 1.44. The van der Waals surface area contributed by atoms with Crippen LogP contribution in [-0.2, 0) is 16.0 Å². The Labute approximate surface area is 168 Å². The lowest BCUT2D eigenvalue weighted by Crippen LogP contribution is -2.39. The first-order valence-electron chi connectivity index (χ1n) is 9.72. The molecule has 1 N–H and O–H groups in total. The molecule has 1 aromatic carbocycles. The van der Waals surface area contributed by atoms with E-state index in [4.69, 9.17) is 4.74 Å². The number of nitrogens with one attached hydrogen (secondary N) is 1. The molecule has 0 fully saturated rings. The first-order chi connectivity index (χ1) is 13.9. The van der Waals surface area contributed by atoms with Crippen LogP contribution in [0.25, 0.3) is 5.78 Å². The molecule has 2 atom stereocenters. The first kappa shape index (κ1) is 19.0. The summed E-state index contributed by atoms with van der Waals surface area (Å²) in [6.45, 7) is 5.24. The van der Waals surface area contributed by atoms with Gasteiger partial charge in [-0.2, -0.15) is 4.98 Å². The fraction of sp³-hybridized carbons (Fsp3) is 0.381. The van der Waals surface area contributed by atoms with E-state index >= 15 is 0 Å². The van der Waals surface area contributed by atoms with Crippen molar-refractivity contribution in [3.05, 3.63) is 58.7 Å². The lowest BCUT2D eigenvalue weighted by Gasteiger charge is -2.27. The second-order valence-electron chi connectivity index (χ2n) is 7.39. The average Bonchev–Trinajstić information content (AvgIpc) is 3.13. The molecule has 0 spiro atoms. The highest BCUT2D eigenvalue weighted by atomic mass is 16.5. The molecule has 0 saturated heterocycles. The Hall–Kier alpha value is -3.29. The fourth-order valence-electron chi connectivity index (χ4n) is 3.71. The molecule has 8 heteroatoms. The van der Waals surface area contributed by atoms with E-state index in [1.165, 1.54) is 10.1 Å². The van der Waals surface area contributed by atoms with Crippen molar-refractivity contribution in [3.8, 4) is 0 Å². The van der Waals surface area contributed by atoms with Gasteiger partial charge in [-0.1, -0.05) is 24.3 Å². The summed E-state index contributed by atoms with van der Waals surface area (Å²) in [5.41, 5.74) is 3.97. The number of aromatic nitrogens is 4. The number of benzene rings is 1. The Kier molecular flexibility index (Phi) is 5.00. The molecule has 1 amide bonds. The summed E-state index contributed by atoms with van der Waals surface area (Å²) >= 11 is 0. The van der Waals surface area contributed by atoms with Gasteiger partial charge < -0.3 is 10.1 Å². The largest absolute Gasteiger partial charge is 0.447 e. The molecule has 4 rings (SSSR count). The molecule has 2 aromatic heterocycles. The van der Waals surface area contributed by atoms with Gasteiger partial charge in [-0.15, -0.1) is 5.10 Å². The highest BCUT2D eigenvalue weighted by Gasteiger charge is 2.27. The Morgan fingerprint density at radius 2 is 2.03 bits per heavy atom. The van der Waals surface area contributed by atoms with Crippen molar-refractivity contribution in [2.75, 3.05) is 0 Å². The van der Waals surface area contributed by atoms with E-state index < -0.39 is 12.1 Å². The molecule has 0 bridgehead atoms. The number of esters is 1. The highest BCUT2D eigenvalue weighted by molar-refractivity contribution is 5.89. The number of rotatable bonds is 4. The summed E-state index contributed by atoms with van der Waals surface area (Å²) in [5, 5.41) is 7.15. The molecule has 29 heavy (non-hydrogen) atoms. The third-order valence-corrected chi connectivity index (χ3v) is 5.14. The summed E-state index contributed by atoms with van der Waals surface area (Å²) in [6.07, 6.45) is 1.92. The number of nitrogens with zero attached hydrogens (tertiary/aromatic N) is 4. The minimum atomic E-state index is -0.959. The van der Waals surface area contributed by atoms with Crippen LogP contribution in [0.5, 0.6) is 0 Å². The van der Waals surface area contributed by atoms with Crippen molar-refractivity contribution in [3.63, 3.8) is 0 Å². The average molecular weight is 393 g/mol. The number of aryl methyl sites for hydroxylation is 3. The zero-order valence-electron chi connectivity index (χ0n) is 16.7. The van der Waals surface area contributed by atoms with Gasteiger partial charge >= 0.3 is 5.97 Å². The summed E-state index contributed by atoms with van der Waals surface area (Å²) in [4.78, 5) is 33.4. The maximum Gasteiger partial charge on any atom is 0.379 e. The standard InChI is InChI=1S/C21H23N5O3/c1-12-11-13(2)26-21(22-12)24-18(25-26)20(28)29-14(3)19(27)23-17-10-6-8-15-7-4-5-9-16(15)17/h4-5,7,9,11,14,17H,6,8,10H2,1-3H3,(H,23,27). The van der Waals surface area contributed by atoms with E-state index in [0.29, 0.717) is 5.78 Å². The smallest absolute Gasteiger partial charge is 0.379 e. The van der Waals surface area contributed by atoms with E-state index in [9.17, 15) is 9.59 Å². The van der Waals surface area contributed by atoms with E-state index in [-0.39, 0.29) is 17.8 Å². The summed E-state index contributed by atoms with van der Waals surface area (Å²) < 4.78 is 6.79. The van der Waals surface area contributed by atoms with E-state index in [2.05, 4.69) is 26.4 Å². The van der Waals surface area contributed by atoms with Gasteiger partial charge in [0, 0.05) is 11.4 Å². The maximum absolute atomic E-state index is 12.6. The Morgan fingerprint density at radius 3 is 2.86 bits per heavy atom. The van der Waals surface area contributed by atoms with Gasteiger partial charge in [0.25, 0.3) is 17.5 Å². The van der Waals surface area contributed by atoms with Gasteiger partial charge in [0.1, 0.15) is 0 Å². The minimum Gasteiger partial charge on any atom is -0.447 e. The summed E-state index contributed by atoms with van der Waals surface area (Å²) in [6, 6.07) is 9.87. The monoisotopic (exact) mass is 393 g/mol. The normalized spacial score (nSPS) is 16.9. The molecule has 0 aliphatic heterocycles. The summed E-state index contributed by atoms with van der Waals surface area (Å²) in [5.74, 6) is -0.882. The van der Waals surface area contributed by atoms with Crippen molar-refractivity contribution in [1.82, 2.24) is 24.9 Å². The van der Waals surface area contributed by atoms with Crippen molar-refractivity contribution in [2.24, 2.45) is 0 Å². The van der Waals surface area contributed by atoms with Crippen LogP contribution in [0.1, 0.15) is 58.9 Å². The molecule has 150 valence electrons. The lowest BCUT2D eigenvalue weighted by molar-refractivity contribution is -0.130. The van der Waals surface area contributed by atoms with Crippen LogP contribution in [0.15, 0.2) is 30.3 Å². The van der Waals surface area contributed by atoms with E-state index in [1.54, 1.807) is 6.92 Å². The Bertz CT molecular complexity index is 1090. The fourth-order valence-corrected chi connectivity index (χ4v) is 3.71. The molecular weight excluding hydrogens is 370 g/mol. The molecular formula is C21H23N5O3. The van der Waals surface area contributed by atoms with Crippen LogP contribution >= 0.6 is 0 Å². The lowest BCUT2D eigenvalue weighted by atomic mass is 9.87. The number of carbonyl (C=O) groups is 2. The molecule has 0 saturated carbocycles. The molecule has 8 nitrogen and oxygen atoms in total. The number of hydrogen-bond acceptors (Lipinski definition) is 6. The SMILES string of the molecule is Cc1cc(C)n2nc(C(=O)OC(C)C(=O)NC3CCCc4ccccc43)nc2n1. The van der Waals surface area contributed by atoms with E-state index in [0.717, 1.165) is 36.2 Å².